The van der Waals surface area contributed by atoms with E-state index in [0.29, 0.717) is 19.6 Å². The molecule has 1 heterocycles. The normalized spacial score (nSPS) is 26.2. The predicted molar refractivity (Wildman–Crippen MR) is 58.7 cm³/mol. The lowest BCUT2D eigenvalue weighted by molar-refractivity contribution is -0.0518. The van der Waals surface area contributed by atoms with Gasteiger partial charge in [-0.05, 0) is 26.2 Å². The summed E-state index contributed by atoms with van der Waals surface area (Å²) in [5.41, 5.74) is 4.60. The molecule has 90 valence electrons. The second-order valence-corrected chi connectivity index (χ2v) is 4.51. The van der Waals surface area contributed by atoms with Crippen LogP contribution in [-0.2, 0) is 9.47 Å². The first-order valence-electron chi connectivity index (χ1n) is 5.76. The van der Waals surface area contributed by atoms with Crippen LogP contribution in [0.1, 0.15) is 32.6 Å². The molecular weight excluding hydrogens is 194 g/mol. The first-order chi connectivity index (χ1) is 7.14. The molecule has 0 saturated carbocycles. The fourth-order valence-corrected chi connectivity index (χ4v) is 1.55. The molecule has 1 fully saturated rings. The summed E-state index contributed by atoms with van der Waals surface area (Å²) in [6, 6.07) is 0. The summed E-state index contributed by atoms with van der Waals surface area (Å²) in [7, 11) is 0. The van der Waals surface area contributed by atoms with Gasteiger partial charge in [-0.2, -0.15) is 0 Å². The lowest BCUT2D eigenvalue weighted by atomic mass is 10.0. The summed E-state index contributed by atoms with van der Waals surface area (Å²) in [4.78, 5) is 0. The van der Waals surface area contributed by atoms with Crippen molar-refractivity contribution in [3.63, 3.8) is 0 Å². The highest BCUT2D eigenvalue weighted by Crippen LogP contribution is 2.13. The van der Waals surface area contributed by atoms with Gasteiger partial charge in [0.15, 0.2) is 0 Å². The molecule has 0 radical (unpaired) electrons. The molecule has 4 heteroatoms. The monoisotopic (exact) mass is 217 g/mol. The minimum atomic E-state index is -0.798. The van der Waals surface area contributed by atoms with Crippen molar-refractivity contribution < 1.29 is 14.6 Å². The van der Waals surface area contributed by atoms with Crippen LogP contribution in [0.4, 0.5) is 0 Å². The summed E-state index contributed by atoms with van der Waals surface area (Å²) in [5, 5.41) is 9.62. The van der Waals surface area contributed by atoms with Crippen LogP contribution in [0.2, 0.25) is 0 Å². The molecule has 2 atom stereocenters. The first-order valence-corrected chi connectivity index (χ1v) is 5.76. The van der Waals surface area contributed by atoms with Crippen molar-refractivity contribution in [1.82, 2.24) is 0 Å². The minimum Gasteiger partial charge on any atom is -0.389 e. The minimum absolute atomic E-state index is 0.251. The van der Waals surface area contributed by atoms with Crippen molar-refractivity contribution in [2.75, 3.05) is 26.4 Å². The van der Waals surface area contributed by atoms with Crippen molar-refractivity contribution in [3.05, 3.63) is 0 Å². The number of rotatable bonds is 6. The number of nitrogens with two attached hydrogens (primary N) is 1. The molecule has 0 aromatic rings. The summed E-state index contributed by atoms with van der Waals surface area (Å²) in [6.07, 6.45) is 4.32. The van der Waals surface area contributed by atoms with Gasteiger partial charge in [-0.3, -0.25) is 0 Å². The Balaban J connectivity index is 2.00. The highest BCUT2D eigenvalue weighted by atomic mass is 16.5. The Bertz CT molecular complexity index is 167. The van der Waals surface area contributed by atoms with E-state index in [-0.39, 0.29) is 12.6 Å². The lowest BCUT2D eigenvalue weighted by Gasteiger charge is -2.24. The van der Waals surface area contributed by atoms with Gasteiger partial charge < -0.3 is 20.3 Å². The molecule has 1 aliphatic heterocycles. The molecule has 0 aromatic carbocycles. The van der Waals surface area contributed by atoms with E-state index in [1.165, 1.54) is 12.8 Å². The third-order valence-corrected chi connectivity index (χ3v) is 2.80. The van der Waals surface area contributed by atoms with Crippen molar-refractivity contribution in [2.24, 2.45) is 5.73 Å². The van der Waals surface area contributed by atoms with Crippen molar-refractivity contribution in [2.45, 2.75) is 44.3 Å². The Kier molecular flexibility index (Phi) is 5.53. The highest BCUT2D eigenvalue weighted by molar-refractivity contribution is 4.72. The molecule has 3 N–H and O–H groups in total. The zero-order valence-corrected chi connectivity index (χ0v) is 9.58. The molecule has 1 saturated heterocycles. The van der Waals surface area contributed by atoms with Gasteiger partial charge in [-0.1, -0.05) is 0 Å². The van der Waals surface area contributed by atoms with Gasteiger partial charge in [0.1, 0.15) is 0 Å². The maximum absolute atomic E-state index is 9.62. The number of aliphatic hydroxyl groups is 1. The zero-order valence-electron chi connectivity index (χ0n) is 9.58. The second kappa shape index (κ2) is 6.43. The van der Waals surface area contributed by atoms with Gasteiger partial charge >= 0.3 is 0 Å². The van der Waals surface area contributed by atoms with Crippen LogP contribution in [0.5, 0.6) is 0 Å². The van der Waals surface area contributed by atoms with Gasteiger partial charge in [-0.15, -0.1) is 0 Å². The van der Waals surface area contributed by atoms with Crippen LogP contribution < -0.4 is 5.73 Å². The summed E-state index contributed by atoms with van der Waals surface area (Å²) >= 11 is 0. The summed E-state index contributed by atoms with van der Waals surface area (Å²) in [6.45, 7) is 4.04. The lowest BCUT2D eigenvalue weighted by Crippen LogP contribution is -2.35. The summed E-state index contributed by atoms with van der Waals surface area (Å²) < 4.78 is 11.0. The summed E-state index contributed by atoms with van der Waals surface area (Å²) in [5.74, 6) is 0. The van der Waals surface area contributed by atoms with E-state index < -0.39 is 5.60 Å². The van der Waals surface area contributed by atoms with Gasteiger partial charge in [0.2, 0.25) is 0 Å². The molecule has 0 spiro atoms. The third kappa shape index (κ3) is 5.47. The molecule has 1 aliphatic rings. The fourth-order valence-electron chi connectivity index (χ4n) is 1.55. The van der Waals surface area contributed by atoms with E-state index in [2.05, 4.69) is 0 Å². The van der Waals surface area contributed by atoms with E-state index in [4.69, 9.17) is 15.2 Å². The van der Waals surface area contributed by atoms with E-state index in [1.807, 2.05) is 0 Å². The maximum atomic E-state index is 9.62. The van der Waals surface area contributed by atoms with E-state index in [0.717, 1.165) is 13.0 Å². The van der Waals surface area contributed by atoms with Crippen LogP contribution in [0.3, 0.4) is 0 Å². The van der Waals surface area contributed by atoms with Crippen molar-refractivity contribution >= 4 is 0 Å². The Morgan fingerprint density at radius 2 is 2.33 bits per heavy atom. The molecule has 0 bridgehead atoms. The second-order valence-electron chi connectivity index (χ2n) is 4.51. The molecule has 0 aliphatic carbocycles. The maximum Gasteiger partial charge on any atom is 0.0808 e. The van der Waals surface area contributed by atoms with Gasteiger partial charge in [0, 0.05) is 26.2 Å². The first kappa shape index (κ1) is 12.9. The van der Waals surface area contributed by atoms with Gasteiger partial charge in [-0.25, -0.2) is 0 Å². The topological polar surface area (TPSA) is 64.7 Å². The molecule has 0 amide bonds. The number of ether oxygens (including phenoxy) is 2. The fraction of sp³-hybridized carbons (Fsp3) is 1.00. The highest BCUT2D eigenvalue weighted by Gasteiger charge is 2.18. The van der Waals surface area contributed by atoms with Gasteiger partial charge in [0.05, 0.1) is 18.3 Å². The van der Waals surface area contributed by atoms with Crippen LogP contribution in [0.25, 0.3) is 0 Å². The standard InChI is InChI=1S/C11H23NO3/c1-11(13,9-12)5-7-14-8-10-4-2-3-6-15-10/h10,13H,2-9,12H2,1H3. The van der Waals surface area contributed by atoms with Crippen LogP contribution >= 0.6 is 0 Å². The van der Waals surface area contributed by atoms with E-state index in [9.17, 15) is 5.11 Å². The molecular formula is C11H23NO3. The molecule has 0 aromatic heterocycles. The van der Waals surface area contributed by atoms with E-state index in [1.54, 1.807) is 6.92 Å². The number of hydrogen-bond donors (Lipinski definition) is 2. The van der Waals surface area contributed by atoms with E-state index >= 15 is 0 Å². The van der Waals surface area contributed by atoms with Crippen molar-refractivity contribution in [3.8, 4) is 0 Å². The zero-order chi connectivity index (χ0) is 11.1. The average molecular weight is 217 g/mol. The Hall–Kier alpha value is -0.160. The molecule has 1 rings (SSSR count). The Labute approximate surface area is 91.7 Å². The quantitative estimate of drug-likeness (QED) is 0.642. The van der Waals surface area contributed by atoms with Crippen LogP contribution in [0.15, 0.2) is 0 Å². The largest absolute Gasteiger partial charge is 0.389 e. The molecule has 2 unspecified atom stereocenters. The molecule has 15 heavy (non-hydrogen) atoms. The van der Waals surface area contributed by atoms with Crippen LogP contribution in [-0.4, -0.2) is 43.2 Å². The predicted octanol–water partition coefficient (Wildman–Crippen LogP) is 0.672. The Morgan fingerprint density at radius 1 is 1.53 bits per heavy atom. The average Bonchev–Trinajstić information content (AvgIpc) is 2.26. The third-order valence-electron chi connectivity index (χ3n) is 2.80. The number of hydrogen-bond acceptors (Lipinski definition) is 4. The smallest absolute Gasteiger partial charge is 0.0808 e. The van der Waals surface area contributed by atoms with Crippen molar-refractivity contribution in [1.29, 1.82) is 0 Å². The molecule has 4 nitrogen and oxygen atoms in total. The SMILES string of the molecule is CC(O)(CN)CCOCC1CCCCO1. The van der Waals surface area contributed by atoms with Gasteiger partial charge in [0.25, 0.3) is 0 Å². The Morgan fingerprint density at radius 3 is 2.93 bits per heavy atom. The van der Waals surface area contributed by atoms with Crippen LogP contribution in [0, 0.1) is 0 Å².